The number of aromatic hydroxyl groups is 1. The van der Waals surface area contributed by atoms with E-state index in [9.17, 15) is 28.3 Å². The number of pyridine rings is 1. The summed E-state index contributed by atoms with van der Waals surface area (Å²) in [6.07, 6.45) is 0.635. The number of nitrogens with one attached hydrogen (secondary N) is 1. The van der Waals surface area contributed by atoms with Crippen molar-refractivity contribution in [3.63, 3.8) is 0 Å². The molecule has 0 saturated carbocycles. The summed E-state index contributed by atoms with van der Waals surface area (Å²) in [5.74, 6) is -3.83. The number of carbonyl (C=O) groups is 2. The van der Waals surface area contributed by atoms with E-state index in [1.54, 1.807) is 0 Å². The van der Waals surface area contributed by atoms with E-state index in [0.29, 0.717) is 19.2 Å². The van der Waals surface area contributed by atoms with E-state index in [-0.39, 0.29) is 24.3 Å². The molecule has 28 heavy (non-hydrogen) atoms. The Kier molecular flexibility index (Phi) is 4.34. The summed E-state index contributed by atoms with van der Waals surface area (Å²) in [5.41, 5.74) is -1.58. The van der Waals surface area contributed by atoms with Crippen LogP contribution in [0.15, 0.2) is 29.2 Å². The number of nitrogens with zero attached hydrogens (tertiary/aromatic N) is 2. The van der Waals surface area contributed by atoms with Crippen LogP contribution in [0.4, 0.5) is 8.78 Å². The lowest BCUT2D eigenvalue weighted by molar-refractivity contribution is 0.00845. The van der Waals surface area contributed by atoms with Crippen molar-refractivity contribution in [3.05, 3.63) is 63.1 Å². The normalized spacial score (nSPS) is 18.0. The van der Waals surface area contributed by atoms with Gasteiger partial charge in [-0.05, 0) is 6.07 Å². The summed E-state index contributed by atoms with van der Waals surface area (Å²) in [4.78, 5) is 38.7. The number of amides is 2. The number of hydrogen-bond acceptors (Lipinski definition) is 5. The van der Waals surface area contributed by atoms with E-state index in [0.717, 1.165) is 6.07 Å². The lowest BCUT2D eigenvalue weighted by Gasteiger charge is -2.31. The van der Waals surface area contributed by atoms with Crippen LogP contribution in [-0.2, 0) is 17.8 Å². The van der Waals surface area contributed by atoms with Crippen LogP contribution in [0, 0.1) is 11.6 Å². The smallest absolute Gasteiger partial charge is 0.276 e. The molecule has 1 fully saturated rings. The van der Waals surface area contributed by atoms with Crippen molar-refractivity contribution in [3.8, 4) is 5.75 Å². The topological polar surface area (TPSA) is 101 Å². The number of halogens is 2. The Hall–Kier alpha value is -3.27. The molecule has 1 saturated heterocycles. The van der Waals surface area contributed by atoms with Gasteiger partial charge < -0.3 is 24.6 Å². The van der Waals surface area contributed by atoms with Crippen molar-refractivity contribution < 1.29 is 28.2 Å². The van der Waals surface area contributed by atoms with Gasteiger partial charge in [-0.2, -0.15) is 0 Å². The zero-order valence-electron chi connectivity index (χ0n) is 14.4. The maximum Gasteiger partial charge on any atom is 0.276 e. The molecule has 8 nitrogen and oxygen atoms in total. The summed E-state index contributed by atoms with van der Waals surface area (Å²) in [5, 5.41) is 12.6. The second kappa shape index (κ2) is 6.71. The SMILES string of the molecule is O=C(NCc1ccc(F)cc1F)c1cn2c(c(O)c1=O)C(=O)N1CCO[C@@H]1C2. The number of aromatic nitrogens is 1. The fourth-order valence-electron chi connectivity index (χ4n) is 3.32. The lowest BCUT2D eigenvalue weighted by Crippen LogP contribution is -2.46. The zero-order chi connectivity index (χ0) is 20.0. The minimum absolute atomic E-state index is 0.0298. The third kappa shape index (κ3) is 2.91. The lowest BCUT2D eigenvalue weighted by atomic mass is 10.1. The Balaban J connectivity index is 1.62. The van der Waals surface area contributed by atoms with Gasteiger partial charge in [-0.1, -0.05) is 6.07 Å². The highest BCUT2D eigenvalue weighted by Crippen LogP contribution is 2.26. The first-order chi connectivity index (χ1) is 13.4. The highest BCUT2D eigenvalue weighted by atomic mass is 19.1. The average Bonchev–Trinajstić information content (AvgIpc) is 3.12. The summed E-state index contributed by atoms with van der Waals surface area (Å²) in [6, 6.07) is 2.90. The molecule has 2 aromatic rings. The molecule has 4 rings (SSSR count). The molecular formula is C18H15F2N3O5. The largest absolute Gasteiger partial charge is 0.503 e. The van der Waals surface area contributed by atoms with Crippen molar-refractivity contribution in [2.24, 2.45) is 0 Å². The van der Waals surface area contributed by atoms with Crippen molar-refractivity contribution in [2.75, 3.05) is 13.2 Å². The Bertz CT molecular complexity index is 1050. The number of rotatable bonds is 3. The fraction of sp³-hybridized carbons (Fsp3) is 0.278. The van der Waals surface area contributed by atoms with E-state index >= 15 is 0 Å². The predicted octanol–water partition coefficient (Wildman–Crippen LogP) is 0.574. The number of carbonyl (C=O) groups excluding carboxylic acids is 2. The Morgan fingerprint density at radius 2 is 2.11 bits per heavy atom. The van der Waals surface area contributed by atoms with Crippen molar-refractivity contribution >= 4 is 11.8 Å². The summed E-state index contributed by atoms with van der Waals surface area (Å²) in [6.45, 7) is 0.558. The summed E-state index contributed by atoms with van der Waals surface area (Å²) in [7, 11) is 0. The van der Waals surface area contributed by atoms with Gasteiger partial charge in [0.25, 0.3) is 11.8 Å². The summed E-state index contributed by atoms with van der Waals surface area (Å²) >= 11 is 0. The Labute approximate surface area is 156 Å². The van der Waals surface area contributed by atoms with Crippen LogP contribution < -0.4 is 10.7 Å². The van der Waals surface area contributed by atoms with Gasteiger partial charge in [-0.15, -0.1) is 0 Å². The van der Waals surface area contributed by atoms with E-state index in [1.807, 2.05) is 0 Å². The van der Waals surface area contributed by atoms with Crippen molar-refractivity contribution in [1.82, 2.24) is 14.8 Å². The molecule has 2 aliphatic rings. The third-order valence-electron chi connectivity index (χ3n) is 4.76. The number of benzene rings is 1. The predicted molar refractivity (Wildman–Crippen MR) is 90.7 cm³/mol. The number of fused-ring (bicyclic) bond motifs is 2. The molecule has 0 bridgehead atoms. The summed E-state index contributed by atoms with van der Waals surface area (Å²) < 4.78 is 33.4. The molecule has 3 heterocycles. The molecule has 0 unspecified atom stereocenters. The molecule has 1 aromatic heterocycles. The van der Waals surface area contributed by atoms with Gasteiger partial charge in [0.05, 0.1) is 13.2 Å². The second-order valence-corrected chi connectivity index (χ2v) is 6.46. The Morgan fingerprint density at radius 1 is 1.32 bits per heavy atom. The van der Waals surface area contributed by atoms with Gasteiger partial charge in [0.15, 0.2) is 17.7 Å². The van der Waals surface area contributed by atoms with Gasteiger partial charge in [0.1, 0.15) is 17.2 Å². The van der Waals surface area contributed by atoms with Crippen LogP contribution in [0.2, 0.25) is 0 Å². The second-order valence-electron chi connectivity index (χ2n) is 6.46. The molecule has 1 atom stereocenters. The van der Waals surface area contributed by atoms with Gasteiger partial charge in [0, 0.05) is 30.9 Å². The van der Waals surface area contributed by atoms with Crippen LogP contribution in [0.1, 0.15) is 26.4 Å². The minimum atomic E-state index is -1.00. The minimum Gasteiger partial charge on any atom is -0.503 e. The third-order valence-corrected chi connectivity index (χ3v) is 4.76. The average molecular weight is 391 g/mol. The number of hydrogen-bond donors (Lipinski definition) is 2. The first-order valence-electron chi connectivity index (χ1n) is 8.48. The molecule has 2 N–H and O–H groups in total. The monoisotopic (exact) mass is 391 g/mol. The zero-order valence-corrected chi connectivity index (χ0v) is 14.4. The quantitative estimate of drug-likeness (QED) is 0.797. The first kappa shape index (κ1) is 18.1. The van der Waals surface area contributed by atoms with Gasteiger partial charge in [-0.25, -0.2) is 8.78 Å². The van der Waals surface area contributed by atoms with Crippen LogP contribution in [-0.4, -0.2) is 45.8 Å². The maximum absolute atomic E-state index is 13.7. The van der Waals surface area contributed by atoms with Crippen LogP contribution in [0.3, 0.4) is 0 Å². The van der Waals surface area contributed by atoms with E-state index in [2.05, 4.69) is 5.32 Å². The van der Waals surface area contributed by atoms with E-state index < -0.39 is 46.4 Å². The molecule has 0 aliphatic carbocycles. The molecule has 0 radical (unpaired) electrons. The first-order valence-corrected chi connectivity index (χ1v) is 8.48. The van der Waals surface area contributed by atoms with Crippen molar-refractivity contribution in [1.29, 1.82) is 0 Å². The van der Waals surface area contributed by atoms with Gasteiger partial charge in [0.2, 0.25) is 5.43 Å². The Morgan fingerprint density at radius 3 is 2.86 bits per heavy atom. The number of ether oxygens (including phenoxy) is 1. The van der Waals surface area contributed by atoms with E-state index in [1.165, 1.54) is 21.7 Å². The van der Waals surface area contributed by atoms with Crippen LogP contribution in [0.25, 0.3) is 0 Å². The molecular weight excluding hydrogens is 376 g/mol. The van der Waals surface area contributed by atoms with E-state index in [4.69, 9.17) is 4.74 Å². The molecule has 10 heteroatoms. The highest BCUT2D eigenvalue weighted by Gasteiger charge is 2.39. The van der Waals surface area contributed by atoms with Gasteiger partial charge in [-0.3, -0.25) is 14.4 Å². The molecule has 146 valence electrons. The standard InChI is InChI=1S/C18H15F2N3O5/c19-10-2-1-9(12(20)5-10)6-21-17(26)11-7-22-8-13-23(3-4-28-13)18(27)14(22)16(25)15(11)24/h1-2,5,7,13,25H,3-4,6,8H2,(H,21,26)/t13-/m1/s1. The molecule has 0 spiro atoms. The highest BCUT2D eigenvalue weighted by molar-refractivity contribution is 5.99. The fourth-order valence-corrected chi connectivity index (χ4v) is 3.32. The van der Waals surface area contributed by atoms with Gasteiger partial charge >= 0.3 is 0 Å². The maximum atomic E-state index is 13.7. The van der Waals surface area contributed by atoms with Crippen molar-refractivity contribution in [2.45, 2.75) is 19.3 Å². The molecule has 1 aromatic carbocycles. The van der Waals surface area contributed by atoms with Crippen LogP contribution >= 0.6 is 0 Å². The molecule has 2 amide bonds. The molecule has 2 aliphatic heterocycles. The van der Waals surface area contributed by atoms with Crippen LogP contribution in [0.5, 0.6) is 5.75 Å².